The minimum Gasteiger partial charge on any atom is -0.366 e. The minimum atomic E-state index is 0.443. The lowest BCUT2D eigenvalue weighted by Gasteiger charge is -2.33. The zero-order valence-corrected chi connectivity index (χ0v) is 18.8. The third kappa shape index (κ3) is 4.29. The van der Waals surface area contributed by atoms with Crippen LogP contribution in [0.5, 0.6) is 0 Å². The van der Waals surface area contributed by atoms with Crippen LogP contribution < -0.4 is 10.6 Å². The van der Waals surface area contributed by atoms with Crippen molar-refractivity contribution < 1.29 is 0 Å². The van der Waals surface area contributed by atoms with Gasteiger partial charge in [-0.3, -0.25) is 0 Å². The van der Waals surface area contributed by atoms with Gasteiger partial charge in [0.05, 0.1) is 17.6 Å². The molecule has 6 nitrogen and oxygen atoms in total. The maximum atomic E-state index is 4.94. The molecule has 0 amide bonds. The smallest absolute Gasteiger partial charge is 0.178 e. The number of aromatic nitrogens is 3. The third-order valence-electron chi connectivity index (χ3n) is 6.12. The van der Waals surface area contributed by atoms with Crippen molar-refractivity contribution in [2.24, 2.45) is 0 Å². The molecule has 31 heavy (non-hydrogen) atoms. The maximum absolute atomic E-state index is 4.94. The Bertz CT molecular complexity index is 1130. The quantitative estimate of drug-likeness (QED) is 0.422. The molecule has 1 aromatic carbocycles. The van der Waals surface area contributed by atoms with Crippen molar-refractivity contribution in [3.8, 4) is 11.3 Å². The van der Waals surface area contributed by atoms with Gasteiger partial charge in [-0.05, 0) is 63.4 Å². The second kappa shape index (κ2) is 8.69. The Morgan fingerprint density at radius 2 is 1.87 bits per heavy atom. The number of benzene rings is 1. The fourth-order valence-corrected chi connectivity index (χ4v) is 5.01. The van der Waals surface area contributed by atoms with Crippen LogP contribution in [0.25, 0.3) is 16.9 Å². The molecule has 4 aromatic rings. The number of fused-ring (bicyclic) bond motifs is 1. The summed E-state index contributed by atoms with van der Waals surface area (Å²) in [6, 6.07) is 15.5. The summed E-state index contributed by atoms with van der Waals surface area (Å²) in [6.07, 6.45) is 6.66. The van der Waals surface area contributed by atoms with Gasteiger partial charge >= 0.3 is 0 Å². The minimum absolute atomic E-state index is 0.443. The van der Waals surface area contributed by atoms with Gasteiger partial charge < -0.3 is 15.5 Å². The largest absolute Gasteiger partial charge is 0.366 e. The van der Waals surface area contributed by atoms with Crippen molar-refractivity contribution in [1.82, 2.24) is 19.5 Å². The van der Waals surface area contributed by atoms with Gasteiger partial charge in [-0.25, -0.2) is 9.50 Å². The molecule has 3 aromatic heterocycles. The zero-order valence-electron chi connectivity index (χ0n) is 18.0. The van der Waals surface area contributed by atoms with Gasteiger partial charge in [0, 0.05) is 34.8 Å². The monoisotopic (exact) mass is 432 g/mol. The van der Waals surface area contributed by atoms with Crippen molar-refractivity contribution in [3.05, 3.63) is 59.4 Å². The SMILES string of the molecule is CN(C)C1CCC(Nc2cc(Nc3ccccc3)c3ncc(-c4ccsc4)n3n2)CC1. The van der Waals surface area contributed by atoms with Crippen LogP contribution >= 0.6 is 11.3 Å². The van der Waals surface area contributed by atoms with Crippen molar-refractivity contribution in [1.29, 1.82) is 0 Å². The van der Waals surface area contributed by atoms with Crippen LogP contribution in [-0.4, -0.2) is 45.7 Å². The lowest BCUT2D eigenvalue weighted by atomic mass is 9.90. The highest BCUT2D eigenvalue weighted by Gasteiger charge is 2.23. The van der Waals surface area contributed by atoms with Gasteiger partial charge in [-0.1, -0.05) is 18.2 Å². The van der Waals surface area contributed by atoms with Gasteiger partial charge in [0.1, 0.15) is 5.82 Å². The second-order valence-corrected chi connectivity index (χ2v) is 9.22. The summed E-state index contributed by atoms with van der Waals surface area (Å²) in [5.41, 5.74) is 4.96. The lowest BCUT2D eigenvalue weighted by Crippen LogP contribution is -2.36. The normalized spacial score (nSPS) is 19.1. The van der Waals surface area contributed by atoms with Crippen LogP contribution in [0.1, 0.15) is 25.7 Å². The molecule has 0 aliphatic heterocycles. The average molecular weight is 433 g/mol. The number of para-hydroxylation sites is 1. The molecule has 1 aliphatic carbocycles. The van der Waals surface area contributed by atoms with E-state index in [4.69, 9.17) is 10.1 Å². The molecule has 1 fully saturated rings. The van der Waals surface area contributed by atoms with E-state index in [-0.39, 0.29) is 0 Å². The molecule has 5 rings (SSSR count). The highest BCUT2D eigenvalue weighted by Crippen LogP contribution is 2.30. The fraction of sp³-hybridized carbons (Fsp3) is 0.333. The molecule has 2 N–H and O–H groups in total. The van der Waals surface area contributed by atoms with E-state index in [0.717, 1.165) is 46.9 Å². The molecular weight excluding hydrogens is 404 g/mol. The molecule has 0 atom stereocenters. The van der Waals surface area contributed by atoms with E-state index < -0.39 is 0 Å². The molecule has 1 aliphatic rings. The van der Waals surface area contributed by atoms with Crippen molar-refractivity contribution >= 4 is 34.2 Å². The van der Waals surface area contributed by atoms with E-state index in [1.807, 2.05) is 28.9 Å². The Labute approximate surface area is 186 Å². The van der Waals surface area contributed by atoms with E-state index in [9.17, 15) is 0 Å². The first-order valence-electron chi connectivity index (χ1n) is 10.8. The highest BCUT2D eigenvalue weighted by molar-refractivity contribution is 7.08. The highest BCUT2D eigenvalue weighted by atomic mass is 32.1. The first kappa shape index (κ1) is 20.0. The Morgan fingerprint density at radius 3 is 2.58 bits per heavy atom. The number of imidazole rings is 1. The molecule has 160 valence electrons. The molecule has 0 radical (unpaired) electrons. The van der Waals surface area contributed by atoms with Gasteiger partial charge in [0.2, 0.25) is 0 Å². The van der Waals surface area contributed by atoms with Gasteiger partial charge in [-0.2, -0.15) is 11.3 Å². The first-order valence-corrected chi connectivity index (χ1v) is 11.8. The van der Waals surface area contributed by atoms with E-state index >= 15 is 0 Å². The van der Waals surface area contributed by atoms with Crippen molar-refractivity contribution in [3.63, 3.8) is 0 Å². The number of anilines is 3. The van der Waals surface area contributed by atoms with Crippen LogP contribution in [0.15, 0.2) is 59.4 Å². The number of thiophene rings is 1. The zero-order chi connectivity index (χ0) is 21.2. The van der Waals surface area contributed by atoms with E-state index in [1.54, 1.807) is 11.3 Å². The molecule has 0 spiro atoms. The van der Waals surface area contributed by atoms with Gasteiger partial charge in [-0.15, -0.1) is 5.10 Å². The molecular formula is C24H28N6S. The fourth-order valence-electron chi connectivity index (χ4n) is 4.36. The number of hydrogen-bond donors (Lipinski definition) is 2. The molecule has 0 unspecified atom stereocenters. The Morgan fingerprint density at radius 1 is 1.06 bits per heavy atom. The summed E-state index contributed by atoms with van der Waals surface area (Å²) in [4.78, 5) is 7.05. The summed E-state index contributed by atoms with van der Waals surface area (Å²) < 4.78 is 1.96. The summed E-state index contributed by atoms with van der Waals surface area (Å²) >= 11 is 1.68. The van der Waals surface area contributed by atoms with Gasteiger partial charge in [0.25, 0.3) is 0 Å². The number of hydrogen-bond acceptors (Lipinski definition) is 6. The molecule has 7 heteroatoms. The van der Waals surface area contributed by atoms with Gasteiger partial charge in [0.15, 0.2) is 5.65 Å². The van der Waals surface area contributed by atoms with E-state index in [2.05, 4.69) is 64.7 Å². The lowest BCUT2D eigenvalue weighted by molar-refractivity contribution is 0.221. The number of rotatable bonds is 6. The number of nitrogens with one attached hydrogen (secondary N) is 2. The van der Waals surface area contributed by atoms with Crippen LogP contribution in [0.4, 0.5) is 17.2 Å². The summed E-state index contributed by atoms with van der Waals surface area (Å²) in [7, 11) is 4.36. The van der Waals surface area contributed by atoms with Crippen molar-refractivity contribution in [2.45, 2.75) is 37.8 Å². The second-order valence-electron chi connectivity index (χ2n) is 8.44. The Kier molecular flexibility index (Phi) is 5.61. The third-order valence-corrected chi connectivity index (χ3v) is 6.80. The maximum Gasteiger partial charge on any atom is 0.178 e. The van der Waals surface area contributed by atoms with Crippen LogP contribution in [0.2, 0.25) is 0 Å². The summed E-state index contributed by atoms with van der Waals surface area (Å²) in [5.74, 6) is 0.883. The standard InChI is InChI=1S/C24H28N6S/c1-29(2)20-10-8-19(9-11-20)27-23-14-21(26-18-6-4-3-5-7-18)24-25-15-22(30(24)28-23)17-12-13-31-16-17/h3-7,12-16,19-20,26H,8-11H2,1-2H3,(H,27,28). The Hall–Kier alpha value is -2.90. The molecule has 3 heterocycles. The topological polar surface area (TPSA) is 57.5 Å². The molecule has 1 saturated carbocycles. The number of nitrogens with zero attached hydrogens (tertiary/aromatic N) is 4. The first-order chi connectivity index (χ1) is 15.2. The summed E-state index contributed by atoms with van der Waals surface area (Å²) in [5, 5.41) is 16.4. The van der Waals surface area contributed by atoms with E-state index in [1.165, 1.54) is 12.8 Å². The Balaban J connectivity index is 1.48. The van der Waals surface area contributed by atoms with Crippen LogP contribution in [-0.2, 0) is 0 Å². The molecule has 0 saturated heterocycles. The van der Waals surface area contributed by atoms with E-state index in [0.29, 0.717) is 12.1 Å². The predicted octanol–water partition coefficient (Wildman–Crippen LogP) is 5.49. The molecule has 0 bridgehead atoms. The van der Waals surface area contributed by atoms with Crippen LogP contribution in [0, 0.1) is 0 Å². The van der Waals surface area contributed by atoms with Crippen molar-refractivity contribution in [2.75, 3.05) is 24.7 Å². The predicted molar refractivity (Wildman–Crippen MR) is 129 cm³/mol. The summed E-state index contributed by atoms with van der Waals surface area (Å²) in [6.45, 7) is 0. The average Bonchev–Trinajstić information content (AvgIpc) is 3.45. The van der Waals surface area contributed by atoms with Crippen LogP contribution in [0.3, 0.4) is 0 Å².